The van der Waals surface area contributed by atoms with Crippen LogP contribution in [0, 0.1) is 0 Å². The molecule has 8 nitrogen and oxygen atoms in total. The fraction of sp³-hybridized carbons (Fsp3) is 0.375. The second-order valence-corrected chi connectivity index (χ2v) is 9.77. The van der Waals surface area contributed by atoms with E-state index in [1.807, 2.05) is 18.2 Å². The summed E-state index contributed by atoms with van der Waals surface area (Å²) in [4.78, 5) is 14.9. The van der Waals surface area contributed by atoms with Crippen LogP contribution in [0.2, 0.25) is 0 Å². The second-order valence-electron chi connectivity index (χ2n) is 8.06. The SMILES string of the molecule is COc1cc(OC)c(C2=CCN(C(=O)c3ccc(S(=O)(=O)NC4CC4)cc3)CC2)c(OC)c1. The topological polar surface area (TPSA) is 94.2 Å². The largest absolute Gasteiger partial charge is 0.496 e. The summed E-state index contributed by atoms with van der Waals surface area (Å²) in [5.74, 6) is 1.79. The molecule has 1 saturated carbocycles. The van der Waals surface area contributed by atoms with Gasteiger partial charge in [-0.05, 0) is 49.1 Å². The Kier molecular flexibility index (Phi) is 6.62. The standard InChI is InChI=1S/C24H28N2O6S/c1-30-19-14-21(31-2)23(22(15-19)32-3)16-10-12-26(13-11-16)24(27)17-4-8-20(9-5-17)33(28,29)25-18-6-7-18/h4-5,8-10,14-15,18,25H,6-7,11-13H2,1-3H3. The van der Waals surface area contributed by atoms with Gasteiger partial charge in [0.25, 0.3) is 5.91 Å². The van der Waals surface area contributed by atoms with E-state index in [1.165, 1.54) is 12.1 Å². The Hall–Kier alpha value is -3.04. The molecule has 0 aromatic heterocycles. The van der Waals surface area contributed by atoms with Crippen molar-refractivity contribution in [1.82, 2.24) is 9.62 Å². The third-order valence-corrected chi connectivity index (χ3v) is 7.38. The van der Waals surface area contributed by atoms with Crippen molar-refractivity contribution in [2.75, 3.05) is 34.4 Å². The van der Waals surface area contributed by atoms with Crippen LogP contribution in [0.5, 0.6) is 17.2 Å². The Morgan fingerprint density at radius 3 is 2.12 bits per heavy atom. The molecule has 0 spiro atoms. The first-order valence-corrected chi connectivity index (χ1v) is 12.3. The third-order valence-electron chi connectivity index (χ3n) is 5.84. The molecule has 2 aromatic carbocycles. The highest BCUT2D eigenvalue weighted by Crippen LogP contribution is 2.41. The molecular weight excluding hydrogens is 444 g/mol. The van der Waals surface area contributed by atoms with Crippen molar-refractivity contribution in [3.8, 4) is 17.2 Å². The summed E-state index contributed by atoms with van der Waals surface area (Å²) in [7, 11) is 1.24. The Bertz CT molecular complexity index is 1140. The number of benzene rings is 2. The molecule has 1 amide bonds. The van der Waals surface area contributed by atoms with Crippen LogP contribution in [-0.2, 0) is 10.0 Å². The normalized spacial score (nSPS) is 16.2. The Morgan fingerprint density at radius 2 is 1.64 bits per heavy atom. The average molecular weight is 473 g/mol. The van der Waals surface area contributed by atoms with Gasteiger partial charge in [0.2, 0.25) is 10.0 Å². The van der Waals surface area contributed by atoms with E-state index in [2.05, 4.69) is 4.72 Å². The molecule has 0 radical (unpaired) electrons. The van der Waals surface area contributed by atoms with Gasteiger partial charge in [0.15, 0.2) is 0 Å². The number of amides is 1. The molecule has 0 saturated heterocycles. The predicted octanol–water partition coefficient (Wildman–Crippen LogP) is 3.08. The number of hydrogen-bond acceptors (Lipinski definition) is 6. The summed E-state index contributed by atoms with van der Waals surface area (Å²) in [6.45, 7) is 0.947. The van der Waals surface area contributed by atoms with Crippen LogP contribution in [0.4, 0.5) is 0 Å². The Labute approximate surface area is 194 Å². The van der Waals surface area contributed by atoms with Gasteiger partial charge in [-0.2, -0.15) is 0 Å². The van der Waals surface area contributed by atoms with Crippen LogP contribution < -0.4 is 18.9 Å². The van der Waals surface area contributed by atoms with Gasteiger partial charge in [0.1, 0.15) is 17.2 Å². The van der Waals surface area contributed by atoms with E-state index >= 15 is 0 Å². The zero-order chi connectivity index (χ0) is 23.6. The minimum Gasteiger partial charge on any atom is -0.496 e. The van der Waals surface area contributed by atoms with Gasteiger partial charge in [0.05, 0.1) is 31.8 Å². The second kappa shape index (κ2) is 9.44. The number of hydrogen-bond donors (Lipinski definition) is 1. The first-order chi connectivity index (χ1) is 15.9. The maximum Gasteiger partial charge on any atom is 0.254 e. The lowest BCUT2D eigenvalue weighted by Crippen LogP contribution is -2.34. The van der Waals surface area contributed by atoms with Gasteiger partial charge in [-0.25, -0.2) is 13.1 Å². The minimum atomic E-state index is -3.54. The maximum absolute atomic E-state index is 13.0. The molecule has 0 bridgehead atoms. The smallest absolute Gasteiger partial charge is 0.254 e. The van der Waals surface area contributed by atoms with Crippen molar-refractivity contribution in [2.45, 2.75) is 30.2 Å². The summed E-state index contributed by atoms with van der Waals surface area (Å²) >= 11 is 0. The lowest BCUT2D eigenvalue weighted by atomic mass is 9.96. The van der Waals surface area contributed by atoms with Crippen LogP contribution in [0.15, 0.2) is 47.4 Å². The highest BCUT2D eigenvalue weighted by molar-refractivity contribution is 7.89. The van der Waals surface area contributed by atoms with E-state index in [0.717, 1.165) is 24.0 Å². The number of ether oxygens (including phenoxy) is 3. The van der Waals surface area contributed by atoms with Crippen molar-refractivity contribution in [3.05, 3.63) is 53.6 Å². The number of carbonyl (C=O) groups excluding carboxylic acids is 1. The summed E-state index contributed by atoms with van der Waals surface area (Å²) in [6, 6.07) is 9.76. The van der Waals surface area contributed by atoms with Crippen molar-refractivity contribution >= 4 is 21.5 Å². The molecule has 1 fully saturated rings. The van der Waals surface area contributed by atoms with Crippen LogP contribution in [0.1, 0.15) is 35.2 Å². The van der Waals surface area contributed by atoms with Gasteiger partial charge in [-0.1, -0.05) is 6.08 Å². The third kappa shape index (κ3) is 4.99. The van der Waals surface area contributed by atoms with E-state index in [4.69, 9.17) is 14.2 Å². The van der Waals surface area contributed by atoms with Crippen LogP contribution in [0.25, 0.3) is 5.57 Å². The monoisotopic (exact) mass is 472 g/mol. The molecule has 1 heterocycles. The number of methoxy groups -OCH3 is 3. The molecule has 4 rings (SSSR count). The van der Waals surface area contributed by atoms with Crippen LogP contribution in [-0.4, -0.2) is 59.7 Å². The summed E-state index contributed by atoms with van der Waals surface area (Å²) in [5.41, 5.74) is 2.34. The van der Waals surface area contributed by atoms with Crippen molar-refractivity contribution in [2.24, 2.45) is 0 Å². The number of rotatable bonds is 8. The fourth-order valence-electron chi connectivity index (χ4n) is 3.85. The van der Waals surface area contributed by atoms with E-state index in [1.54, 1.807) is 38.4 Å². The zero-order valence-electron chi connectivity index (χ0n) is 19.0. The molecule has 2 aromatic rings. The Morgan fingerprint density at radius 1 is 1.00 bits per heavy atom. The van der Waals surface area contributed by atoms with E-state index < -0.39 is 10.0 Å². The molecule has 1 aliphatic carbocycles. The summed E-state index contributed by atoms with van der Waals surface area (Å²) in [6.07, 6.45) is 4.36. The van der Waals surface area contributed by atoms with Crippen molar-refractivity contribution in [3.63, 3.8) is 0 Å². The number of nitrogens with zero attached hydrogens (tertiary/aromatic N) is 1. The highest BCUT2D eigenvalue weighted by Gasteiger charge is 2.28. The lowest BCUT2D eigenvalue weighted by Gasteiger charge is -2.28. The van der Waals surface area contributed by atoms with Crippen LogP contribution >= 0.6 is 0 Å². The lowest BCUT2D eigenvalue weighted by molar-refractivity contribution is 0.0772. The van der Waals surface area contributed by atoms with Crippen LogP contribution in [0.3, 0.4) is 0 Å². The summed E-state index contributed by atoms with van der Waals surface area (Å²) in [5, 5.41) is 0. The zero-order valence-corrected chi connectivity index (χ0v) is 19.8. The van der Waals surface area contributed by atoms with Gasteiger partial charge in [0, 0.05) is 36.8 Å². The molecule has 1 N–H and O–H groups in total. The Balaban J connectivity index is 1.49. The molecule has 9 heteroatoms. The average Bonchev–Trinajstić information content (AvgIpc) is 3.66. The fourth-order valence-corrected chi connectivity index (χ4v) is 5.16. The number of carbonyl (C=O) groups is 1. The van der Waals surface area contributed by atoms with E-state index in [-0.39, 0.29) is 16.8 Å². The molecule has 176 valence electrons. The molecule has 0 atom stereocenters. The first kappa shape index (κ1) is 23.1. The van der Waals surface area contributed by atoms with Crippen molar-refractivity contribution in [1.29, 1.82) is 0 Å². The minimum absolute atomic E-state index is 0.0357. The molecule has 2 aliphatic rings. The van der Waals surface area contributed by atoms with E-state index in [9.17, 15) is 13.2 Å². The molecule has 33 heavy (non-hydrogen) atoms. The number of sulfonamides is 1. The molecule has 1 aliphatic heterocycles. The van der Waals surface area contributed by atoms with Gasteiger partial charge in [-0.15, -0.1) is 0 Å². The summed E-state index contributed by atoms with van der Waals surface area (Å²) < 4.78 is 43.8. The van der Waals surface area contributed by atoms with Gasteiger partial charge >= 0.3 is 0 Å². The van der Waals surface area contributed by atoms with Crippen molar-refractivity contribution < 1.29 is 27.4 Å². The molecule has 0 unspecified atom stereocenters. The van der Waals surface area contributed by atoms with E-state index in [0.29, 0.717) is 42.3 Å². The quantitative estimate of drug-likeness (QED) is 0.635. The maximum atomic E-state index is 13.0. The van der Waals surface area contributed by atoms with Gasteiger partial charge in [-0.3, -0.25) is 4.79 Å². The molecular formula is C24H28N2O6S. The van der Waals surface area contributed by atoms with Gasteiger partial charge < -0.3 is 19.1 Å². The highest BCUT2D eigenvalue weighted by atomic mass is 32.2. The number of nitrogens with one attached hydrogen (secondary N) is 1. The predicted molar refractivity (Wildman–Crippen MR) is 124 cm³/mol. The first-order valence-electron chi connectivity index (χ1n) is 10.8.